The maximum Gasteiger partial charge on any atom is 0.339 e. The van der Waals surface area contributed by atoms with Gasteiger partial charge in [0.1, 0.15) is 17.1 Å². The van der Waals surface area contributed by atoms with Gasteiger partial charge in [-0.3, -0.25) is 9.59 Å². The molecule has 3 aromatic carbocycles. The molecule has 10 nitrogen and oxygen atoms in total. The third kappa shape index (κ3) is 8.76. The molecule has 0 bridgehead atoms. The number of phenolic OH excluding ortho intramolecular Hbond substituents is 3. The Balaban J connectivity index is 0.000000384. The van der Waals surface area contributed by atoms with Crippen molar-refractivity contribution in [1.82, 2.24) is 0 Å². The summed E-state index contributed by atoms with van der Waals surface area (Å²) in [6, 6.07) is 12.7. The molecule has 5 N–H and O–H groups in total. The molecule has 38 heavy (non-hydrogen) atoms. The van der Waals surface area contributed by atoms with Crippen molar-refractivity contribution in [3.63, 3.8) is 0 Å². The molecule has 0 amide bonds. The predicted octanol–water partition coefficient (Wildman–Crippen LogP) is 4.17. The van der Waals surface area contributed by atoms with Crippen LogP contribution in [0.25, 0.3) is 12.2 Å². The lowest BCUT2D eigenvalue weighted by Gasteiger charge is -2.03. The van der Waals surface area contributed by atoms with Crippen LogP contribution in [-0.2, 0) is 9.59 Å². The molecule has 0 aliphatic carbocycles. The van der Waals surface area contributed by atoms with Crippen molar-refractivity contribution >= 4 is 29.7 Å². The highest BCUT2D eigenvalue weighted by molar-refractivity contribution is 6.10. The van der Waals surface area contributed by atoms with Gasteiger partial charge < -0.3 is 35.0 Å². The van der Waals surface area contributed by atoms with Crippen LogP contribution in [-0.4, -0.2) is 57.3 Å². The molecule has 0 aliphatic heterocycles. The van der Waals surface area contributed by atoms with Gasteiger partial charge in [-0.2, -0.15) is 0 Å². The number of allylic oxidation sites excluding steroid dienone is 2. The molecule has 0 atom stereocenters. The van der Waals surface area contributed by atoms with Gasteiger partial charge in [0.25, 0.3) is 0 Å². The number of ketones is 2. The molecule has 0 fully saturated rings. The second-order valence-corrected chi connectivity index (χ2v) is 7.65. The second-order valence-electron chi connectivity index (χ2n) is 7.65. The molecule has 3 rings (SSSR count). The molecule has 0 heterocycles. The number of carboxylic acids is 1. The minimum absolute atomic E-state index is 0.00662. The van der Waals surface area contributed by atoms with E-state index < -0.39 is 5.97 Å². The van der Waals surface area contributed by atoms with Crippen LogP contribution in [0.3, 0.4) is 0 Å². The highest BCUT2D eigenvalue weighted by Gasteiger charge is 2.09. The summed E-state index contributed by atoms with van der Waals surface area (Å²) in [7, 11) is 2.87. The van der Waals surface area contributed by atoms with Gasteiger partial charge in [0.2, 0.25) is 0 Å². The molecule has 0 saturated heterocycles. The zero-order valence-corrected chi connectivity index (χ0v) is 20.5. The molecule has 10 heteroatoms. The highest BCUT2D eigenvalue weighted by atomic mass is 16.5. The first kappa shape index (κ1) is 29.0. The Bertz CT molecular complexity index is 1300. The lowest BCUT2D eigenvalue weighted by Crippen LogP contribution is -2.01. The molecule has 0 aliphatic rings. The Hall–Kier alpha value is -5.25. The van der Waals surface area contributed by atoms with Crippen LogP contribution in [0, 0.1) is 0 Å². The van der Waals surface area contributed by atoms with E-state index in [1.807, 2.05) is 0 Å². The van der Waals surface area contributed by atoms with Crippen LogP contribution in [0.2, 0.25) is 0 Å². The van der Waals surface area contributed by atoms with Gasteiger partial charge in [0, 0.05) is 0 Å². The van der Waals surface area contributed by atoms with Gasteiger partial charge >= 0.3 is 5.97 Å². The van der Waals surface area contributed by atoms with Gasteiger partial charge in [0.15, 0.2) is 34.6 Å². The molecular weight excluding hydrogens is 496 g/mol. The Labute approximate surface area is 218 Å². The lowest BCUT2D eigenvalue weighted by molar-refractivity contribution is -0.121. The van der Waals surface area contributed by atoms with Gasteiger partial charge in [-0.15, -0.1) is 0 Å². The third-order valence-electron chi connectivity index (χ3n) is 4.89. The first-order valence-electron chi connectivity index (χ1n) is 10.9. The first-order valence-corrected chi connectivity index (χ1v) is 10.9. The van der Waals surface area contributed by atoms with E-state index in [2.05, 4.69) is 0 Å². The van der Waals surface area contributed by atoms with Crippen molar-refractivity contribution in [2.45, 2.75) is 6.42 Å². The maximum atomic E-state index is 11.9. The molecule has 0 unspecified atom stereocenters. The van der Waals surface area contributed by atoms with Crippen LogP contribution in [0.15, 0.2) is 66.7 Å². The normalized spacial score (nSPS) is 10.6. The average Bonchev–Trinajstić information content (AvgIpc) is 2.89. The van der Waals surface area contributed by atoms with Crippen molar-refractivity contribution in [1.29, 1.82) is 0 Å². The molecule has 0 aromatic heterocycles. The molecule has 0 radical (unpaired) electrons. The van der Waals surface area contributed by atoms with Crippen molar-refractivity contribution in [3.8, 4) is 34.5 Å². The van der Waals surface area contributed by atoms with Crippen LogP contribution >= 0.6 is 0 Å². The smallest absolute Gasteiger partial charge is 0.339 e. The number of hydrogen-bond donors (Lipinski definition) is 5. The standard InChI is InChI=1S/C21H20O6.C7H6O4/c1-26-20-11-14(5-9-18(20)24)3-7-16(22)13-17(23)8-4-15-6-10-19(25)21(12-15)27-2;8-4-1-2-6(9)5(3-4)7(10)11/h3-12,24-25H,13H2,1-2H3;1-3,8-9H,(H,10,11)/b7-3+,8-4+;. The molecule has 0 saturated carbocycles. The first-order chi connectivity index (χ1) is 18.0. The van der Waals surface area contributed by atoms with Crippen LogP contribution in [0.1, 0.15) is 27.9 Å². The molecule has 198 valence electrons. The number of ether oxygens (including phenoxy) is 2. The largest absolute Gasteiger partial charge is 0.508 e. The van der Waals surface area contributed by atoms with E-state index in [0.29, 0.717) is 22.6 Å². The monoisotopic (exact) mass is 522 g/mol. The number of phenols is 4. The third-order valence-corrected chi connectivity index (χ3v) is 4.89. The summed E-state index contributed by atoms with van der Waals surface area (Å²) < 4.78 is 10.00. The fourth-order valence-electron chi connectivity index (χ4n) is 2.96. The van der Waals surface area contributed by atoms with E-state index in [1.165, 1.54) is 44.6 Å². The zero-order chi connectivity index (χ0) is 28.2. The number of aromatic hydroxyl groups is 4. The van der Waals surface area contributed by atoms with Crippen LogP contribution in [0.5, 0.6) is 34.5 Å². The summed E-state index contributed by atoms with van der Waals surface area (Å²) in [5.74, 6) is -1.88. The number of carbonyl (C=O) groups excluding carboxylic acids is 2. The fourth-order valence-corrected chi connectivity index (χ4v) is 2.96. The number of methoxy groups -OCH3 is 2. The van der Waals surface area contributed by atoms with Gasteiger partial charge in [0.05, 0.1) is 20.6 Å². The molecule has 0 spiro atoms. The van der Waals surface area contributed by atoms with Crippen LogP contribution in [0.4, 0.5) is 0 Å². The Morgan fingerprint density at radius 3 is 1.53 bits per heavy atom. The predicted molar refractivity (Wildman–Crippen MR) is 139 cm³/mol. The SMILES string of the molecule is COc1cc(/C=C/C(=O)CC(=O)/C=C/c2ccc(O)c(OC)c2)ccc1O.O=C(O)c1cc(O)ccc1O. The van der Waals surface area contributed by atoms with Crippen molar-refractivity contribution in [2.75, 3.05) is 14.2 Å². The summed E-state index contributed by atoms with van der Waals surface area (Å²) in [5, 5.41) is 45.2. The number of benzene rings is 3. The van der Waals surface area contributed by atoms with E-state index in [9.17, 15) is 24.6 Å². The van der Waals surface area contributed by atoms with Gasteiger partial charge in [-0.05, 0) is 65.7 Å². The van der Waals surface area contributed by atoms with Crippen LogP contribution < -0.4 is 9.47 Å². The lowest BCUT2D eigenvalue weighted by atomic mass is 10.1. The molecular formula is C28H26O10. The van der Waals surface area contributed by atoms with Gasteiger partial charge in [-0.1, -0.05) is 24.3 Å². The van der Waals surface area contributed by atoms with Crippen molar-refractivity contribution in [2.24, 2.45) is 0 Å². The number of carbonyl (C=O) groups is 3. The summed E-state index contributed by atoms with van der Waals surface area (Å²) in [6.45, 7) is 0. The quantitative estimate of drug-likeness (QED) is 0.156. The second kappa shape index (κ2) is 13.7. The number of hydrogen-bond acceptors (Lipinski definition) is 9. The number of rotatable bonds is 9. The topological polar surface area (TPSA) is 171 Å². The Morgan fingerprint density at radius 2 is 1.13 bits per heavy atom. The van der Waals surface area contributed by atoms with Crippen molar-refractivity contribution < 1.29 is 49.4 Å². The van der Waals surface area contributed by atoms with E-state index in [1.54, 1.807) is 36.4 Å². The fraction of sp³-hybridized carbons (Fsp3) is 0.107. The minimum Gasteiger partial charge on any atom is -0.508 e. The Morgan fingerprint density at radius 1 is 0.684 bits per heavy atom. The Kier molecular flexibility index (Phi) is 10.5. The highest BCUT2D eigenvalue weighted by Crippen LogP contribution is 2.27. The minimum atomic E-state index is -1.27. The zero-order valence-electron chi connectivity index (χ0n) is 20.5. The number of carboxylic acid groups (broad SMARTS) is 1. The summed E-state index contributed by atoms with van der Waals surface area (Å²) >= 11 is 0. The summed E-state index contributed by atoms with van der Waals surface area (Å²) in [4.78, 5) is 34.2. The van der Waals surface area contributed by atoms with E-state index >= 15 is 0 Å². The van der Waals surface area contributed by atoms with Crippen molar-refractivity contribution in [3.05, 3.63) is 83.4 Å². The van der Waals surface area contributed by atoms with E-state index in [-0.39, 0.29) is 46.5 Å². The average molecular weight is 523 g/mol. The van der Waals surface area contributed by atoms with E-state index in [4.69, 9.17) is 24.8 Å². The number of aromatic carboxylic acids is 1. The maximum absolute atomic E-state index is 11.9. The molecule has 3 aromatic rings. The summed E-state index contributed by atoms with van der Waals surface area (Å²) in [6.07, 6.45) is 5.44. The van der Waals surface area contributed by atoms with E-state index in [0.717, 1.165) is 12.1 Å². The summed E-state index contributed by atoms with van der Waals surface area (Å²) in [5.41, 5.74) is 1.03. The van der Waals surface area contributed by atoms with Gasteiger partial charge in [-0.25, -0.2) is 4.79 Å².